The fourth-order valence-corrected chi connectivity index (χ4v) is 2.57. The molecule has 0 aliphatic heterocycles. The number of benzene rings is 1. The Morgan fingerprint density at radius 3 is 2.62 bits per heavy atom. The highest BCUT2D eigenvalue weighted by Crippen LogP contribution is 2.41. The molecule has 1 aromatic rings. The van der Waals surface area contributed by atoms with Crippen molar-refractivity contribution in [2.24, 2.45) is 0 Å². The van der Waals surface area contributed by atoms with Crippen molar-refractivity contribution < 1.29 is 9.90 Å². The van der Waals surface area contributed by atoms with Gasteiger partial charge in [-0.1, -0.05) is 31.9 Å². The first-order valence-corrected chi connectivity index (χ1v) is 6.59. The third-order valence-electron chi connectivity index (χ3n) is 2.76. The summed E-state index contributed by atoms with van der Waals surface area (Å²) >= 11 is 6.67. The lowest BCUT2D eigenvalue weighted by atomic mass is 9.84. The monoisotopic (exact) mass is 347 g/mol. The van der Waals surface area contributed by atoms with E-state index >= 15 is 0 Å². The van der Waals surface area contributed by atoms with Crippen LogP contribution in [-0.4, -0.2) is 15.3 Å². The number of hydrogen-bond donors (Lipinski definition) is 2. The number of halogens is 2. The van der Waals surface area contributed by atoms with Crippen molar-refractivity contribution in [1.29, 1.82) is 0 Å². The number of anilines is 1. The summed E-state index contributed by atoms with van der Waals surface area (Å²) in [4.78, 5) is 11.9. The number of alkyl halides is 1. The number of carbonyl (C=O) groups is 1. The van der Waals surface area contributed by atoms with Crippen LogP contribution in [0, 0.1) is 0 Å². The third-order valence-corrected chi connectivity index (χ3v) is 4.41. The van der Waals surface area contributed by atoms with Crippen molar-refractivity contribution in [1.82, 2.24) is 0 Å². The quantitative estimate of drug-likeness (QED) is 0.635. The lowest BCUT2D eigenvalue weighted by Crippen LogP contribution is -2.43. The number of aromatic hydroxyl groups is 1. The maximum atomic E-state index is 11.9. The van der Waals surface area contributed by atoms with E-state index in [0.717, 1.165) is 23.7 Å². The zero-order valence-electron chi connectivity index (χ0n) is 8.46. The maximum absolute atomic E-state index is 11.9. The normalized spacial score (nSPS) is 17.6. The molecule has 1 aromatic carbocycles. The maximum Gasteiger partial charge on any atom is 0.241 e. The smallest absolute Gasteiger partial charge is 0.241 e. The van der Waals surface area contributed by atoms with Gasteiger partial charge in [-0.25, -0.2) is 0 Å². The second-order valence-corrected chi connectivity index (χ2v) is 6.37. The Labute approximate surface area is 110 Å². The van der Waals surface area contributed by atoms with Gasteiger partial charge in [0.15, 0.2) is 0 Å². The second-order valence-electron chi connectivity index (χ2n) is 3.93. The minimum Gasteiger partial charge on any atom is -0.506 e. The molecular formula is C11H11Br2NO2. The lowest BCUT2D eigenvalue weighted by Gasteiger charge is -2.34. The van der Waals surface area contributed by atoms with Gasteiger partial charge in [-0.15, -0.1) is 0 Å². The average Bonchev–Trinajstić information content (AvgIpc) is 2.18. The summed E-state index contributed by atoms with van der Waals surface area (Å²) in [5.41, 5.74) is 0.443. The second kappa shape index (κ2) is 4.37. The molecule has 0 atom stereocenters. The third kappa shape index (κ3) is 2.25. The summed E-state index contributed by atoms with van der Waals surface area (Å²) in [6, 6.07) is 5.00. The zero-order valence-corrected chi connectivity index (χ0v) is 11.6. The van der Waals surface area contributed by atoms with Crippen molar-refractivity contribution in [3.8, 4) is 5.75 Å². The Balaban J connectivity index is 2.12. The van der Waals surface area contributed by atoms with E-state index in [4.69, 9.17) is 0 Å². The van der Waals surface area contributed by atoms with Crippen molar-refractivity contribution in [3.05, 3.63) is 22.7 Å². The summed E-state index contributed by atoms with van der Waals surface area (Å²) < 4.78 is 0.340. The predicted octanol–water partition coefficient (Wildman–Crippen LogP) is 3.41. The Bertz CT molecular complexity index is 430. The van der Waals surface area contributed by atoms with Crippen molar-refractivity contribution in [3.63, 3.8) is 0 Å². The Morgan fingerprint density at radius 1 is 1.44 bits per heavy atom. The molecule has 1 aliphatic rings. The van der Waals surface area contributed by atoms with Gasteiger partial charge in [0.1, 0.15) is 10.1 Å². The van der Waals surface area contributed by atoms with Crippen molar-refractivity contribution in [2.45, 2.75) is 23.6 Å². The molecule has 2 N–H and O–H groups in total. The van der Waals surface area contributed by atoms with Gasteiger partial charge in [0, 0.05) is 4.47 Å². The molecule has 0 unspecified atom stereocenters. The van der Waals surface area contributed by atoms with E-state index in [0.29, 0.717) is 5.69 Å². The van der Waals surface area contributed by atoms with E-state index in [2.05, 4.69) is 37.2 Å². The standard InChI is InChI=1S/C11H11Br2NO2/c12-7-2-3-8(9(15)6-7)14-10(16)11(13)4-1-5-11/h2-3,6,15H,1,4-5H2,(H,14,16). The number of amides is 1. The molecule has 0 bridgehead atoms. The Kier molecular flexibility index (Phi) is 3.26. The molecule has 5 heteroatoms. The SMILES string of the molecule is O=C(Nc1ccc(Br)cc1O)C1(Br)CCC1. The van der Waals surface area contributed by atoms with Crippen LogP contribution >= 0.6 is 31.9 Å². The van der Waals surface area contributed by atoms with Gasteiger partial charge >= 0.3 is 0 Å². The Hall–Kier alpha value is -0.550. The van der Waals surface area contributed by atoms with Crippen LogP contribution in [0.1, 0.15) is 19.3 Å². The van der Waals surface area contributed by atoms with E-state index in [1.807, 2.05) is 0 Å². The van der Waals surface area contributed by atoms with E-state index in [1.165, 1.54) is 0 Å². The fraction of sp³-hybridized carbons (Fsp3) is 0.364. The summed E-state index contributed by atoms with van der Waals surface area (Å²) in [6.07, 6.45) is 2.75. The molecule has 16 heavy (non-hydrogen) atoms. The van der Waals surface area contributed by atoms with Crippen LogP contribution in [0.5, 0.6) is 5.75 Å². The number of nitrogens with one attached hydrogen (secondary N) is 1. The molecular weight excluding hydrogens is 338 g/mol. The van der Waals surface area contributed by atoms with Crippen molar-refractivity contribution >= 4 is 43.5 Å². The van der Waals surface area contributed by atoms with E-state index in [-0.39, 0.29) is 11.7 Å². The van der Waals surface area contributed by atoms with E-state index < -0.39 is 4.32 Å². The number of phenolic OH excluding ortho intramolecular Hbond substituents is 1. The molecule has 1 saturated carbocycles. The van der Waals surface area contributed by atoms with E-state index in [9.17, 15) is 9.90 Å². The van der Waals surface area contributed by atoms with Crippen molar-refractivity contribution in [2.75, 3.05) is 5.32 Å². The molecule has 0 spiro atoms. The van der Waals surface area contributed by atoms with Gasteiger partial charge in [0.25, 0.3) is 0 Å². The van der Waals surface area contributed by atoms with Gasteiger partial charge in [-0.3, -0.25) is 4.79 Å². The first-order chi connectivity index (χ1) is 7.51. The summed E-state index contributed by atoms with van der Waals surface area (Å²) in [5, 5.41) is 12.4. The average molecular weight is 349 g/mol. The number of carbonyl (C=O) groups excluding carboxylic acids is 1. The molecule has 1 aliphatic carbocycles. The molecule has 0 saturated heterocycles. The molecule has 3 nitrogen and oxygen atoms in total. The van der Waals surface area contributed by atoms with Crippen LogP contribution < -0.4 is 5.32 Å². The first-order valence-electron chi connectivity index (χ1n) is 5.00. The van der Waals surface area contributed by atoms with Gasteiger partial charge in [0.2, 0.25) is 5.91 Å². The molecule has 1 fully saturated rings. The molecule has 0 radical (unpaired) electrons. The molecule has 2 rings (SSSR count). The minimum atomic E-state index is -0.438. The summed E-state index contributed by atoms with van der Waals surface area (Å²) in [6.45, 7) is 0. The highest BCUT2D eigenvalue weighted by atomic mass is 79.9. The lowest BCUT2D eigenvalue weighted by molar-refractivity contribution is -0.120. The largest absolute Gasteiger partial charge is 0.506 e. The highest BCUT2D eigenvalue weighted by Gasteiger charge is 2.41. The first kappa shape index (κ1) is 11.9. The molecule has 1 amide bonds. The van der Waals surface area contributed by atoms with Crippen LogP contribution in [0.15, 0.2) is 22.7 Å². The predicted molar refractivity (Wildman–Crippen MR) is 69.9 cm³/mol. The van der Waals surface area contributed by atoms with Crippen LogP contribution in [-0.2, 0) is 4.79 Å². The topological polar surface area (TPSA) is 49.3 Å². The van der Waals surface area contributed by atoms with Gasteiger partial charge in [-0.2, -0.15) is 0 Å². The van der Waals surface area contributed by atoms with Crippen LogP contribution in [0.3, 0.4) is 0 Å². The van der Waals surface area contributed by atoms with E-state index in [1.54, 1.807) is 18.2 Å². The van der Waals surface area contributed by atoms with Crippen LogP contribution in [0.25, 0.3) is 0 Å². The highest BCUT2D eigenvalue weighted by molar-refractivity contribution is 9.10. The van der Waals surface area contributed by atoms with Gasteiger partial charge < -0.3 is 10.4 Å². The van der Waals surface area contributed by atoms with Crippen LogP contribution in [0.2, 0.25) is 0 Å². The zero-order chi connectivity index (χ0) is 11.8. The summed E-state index contributed by atoms with van der Waals surface area (Å²) in [7, 11) is 0. The molecule has 86 valence electrons. The molecule has 0 aromatic heterocycles. The van der Waals surface area contributed by atoms with Gasteiger partial charge in [-0.05, 0) is 37.5 Å². The number of phenols is 1. The molecule has 0 heterocycles. The number of hydrogen-bond acceptors (Lipinski definition) is 2. The summed E-state index contributed by atoms with van der Waals surface area (Å²) in [5.74, 6) is -0.0190. The minimum absolute atomic E-state index is 0.0677. The van der Waals surface area contributed by atoms with Crippen LogP contribution in [0.4, 0.5) is 5.69 Å². The Morgan fingerprint density at radius 2 is 2.12 bits per heavy atom. The fourth-order valence-electron chi connectivity index (χ4n) is 1.56. The number of rotatable bonds is 2. The van der Waals surface area contributed by atoms with Gasteiger partial charge in [0.05, 0.1) is 5.69 Å².